The topological polar surface area (TPSA) is 49.3 Å². The van der Waals surface area contributed by atoms with Crippen LogP contribution in [0.4, 0.5) is 13.2 Å². The van der Waals surface area contributed by atoms with E-state index in [1.54, 1.807) is 0 Å². The first-order chi connectivity index (χ1) is 7.41. The minimum atomic E-state index is -4.67. The largest absolute Gasteiger partial charge is 0.481 e. The Balaban J connectivity index is 2.19. The Bertz CT molecular complexity index is 239. The molecule has 0 saturated heterocycles. The van der Waals surface area contributed by atoms with E-state index in [1.165, 1.54) is 6.42 Å². The molecule has 1 fully saturated rings. The molecule has 94 valence electrons. The lowest BCUT2D eigenvalue weighted by Gasteiger charge is -2.25. The van der Waals surface area contributed by atoms with Gasteiger partial charge in [-0.15, -0.1) is 0 Å². The number of aliphatic carboxylic acids is 1. The van der Waals surface area contributed by atoms with Crippen molar-refractivity contribution < 1.29 is 23.1 Å². The zero-order valence-corrected chi connectivity index (χ0v) is 8.89. The van der Waals surface area contributed by atoms with Crippen LogP contribution in [0.3, 0.4) is 0 Å². The summed E-state index contributed by atoms with van der Waals surface area (Å²) in [6.45, 7) is -0.0733. The lowest BCUT2D eigenvalue weighted by molar-refractivity contribution is -0.192. The van der Waals surface area contributed by atoms with Gasteiger partial charge < -0.3 is 10.4 Å². The maximum absolute atomic E-state index is 12.2. The standard InChI is InChI=1S/C10H16F3NO2/c11-10(12,13)8(9(15)16)6-14-5-4-7-2-1-3-7/h7-8,14H,1-6H2,(H,15,16). The third kappa shape index (κ3) is 4.00. The fourth-order valence-corrected chi connectivity index (χ4v) is 1.68. The summed E-state index contributed by atoms with van der Waals surface area (Å²) in [6, 6.07) is 0. The van der Waals surface area contributed by atoms with Gasteiger partial charge in [0.15, 0.2) is 5.92 Å². The minimum absolute atomic E-state index is 0.463. The number of carboxylic acid groups (broad SMARTS) is 1. The van der Waals surface area contributed by atoms with Crippen molar-refractivity contribution in [3.8, 4) is 0 Å². The van der Waals surface area contributed by atoms with E-state index >= 15 is 0 Å². The fourth-order valence-electron chi connectivity index (χ4n) is 1.68. The molecule has 1 unspecified atom stereocenters. The first-order valence-corrected chi connectivity index (χ1v) is 5.41. The number of halogens is 3. The molecule has 1 rings (SSSR count). The highest BCUT2D eigenvalue weighted by molar-refractivity contribution is 5.71. The van der Waals surface area contributed by atoms with Crippen molar-refractivity contribution in [1.82, 2.24) is 5.32 Å². The molecule has 1 atom stereocenters. The summed E-state index contributed by atoms with van der Waals surface area (Å²) in [5.74, 6) is -3.50. The smallest absolute Gasteiger partial charge is 0.403 e. The van der Waals surface area contributed by atoms with Crippen molar-refractivity contribution in [2.75, 3.05) is 13.1 Å². The Morgan fingerprint density at radius 2 is 2.06 bits per heavy atom. The van der Waals surface area contributed by atoms with E-state index in [4.69, 9.17) is 5.11 Å². The highest BCUT2D eigenvalue weighted by Gasteiger charge is 2.44. The number of rotatable bonds is 6. The van der Waals surface area contributed by atoms with Crippen LogP contribution in [0.15, 0.2) is 0 Å². The van der Waals surface area contributed by atoms with Crippen molar-refractivity contribution in [3.05, 3.63) is 0 Å². The monoisotopic (exact) mass is 239 g/mol. The van der Waals surface area contributed by atoms with Crippen LogP contribution in [0.1, 0.15) is 25.7 Å². The number of carboxylic acids is 1. The van der Waals surface area contributed by atoms with Crippen molar-refractivity contribution in [3.63, 3.8) is 0 Å². The number of alkyl halides is 3. The Labute approximate surface area is 92.0 Å². The summed E-state index contributed by atoms with van der Waals surface area (Å²) in [5, 5.41) is 11.0. The Morgan fingerprint density at radius 1 is 1.44 bits per heavy atom. The van der Waals surface area contributed by atoms with Crippen LogP contribution in [0.2, 0.25) is 0 Å². The highest BCUT2D eigenvalue weighted by Crippen LogP contribution is 2.29. The summed E-state index contributed by atoms with van der Waals surface area (Å²) >= 11 is 0. The second kappa shape index (κ2) is 5.52. The average Bonchev–Trinajstić information content (AvgIpc) is 2.04. The van der Waals surface area contributed by atoms with E-state index in [0.29, 0.717) is 12.5 Å². The summed E-state index contributed by atoms with van der Waals surface area (Å²) in [7, 11) is 0. The van der Waals surface area contributed by atoms with E-state index in [9.17, 15) is 18.0 Å². The quantitative estimate of drug-likeness (QED) is 0.697. The van der Waals surface area contributed by atoms with Crippen LogP contribution in [0.5, 0.6) is 0 Å². The molecule has 0 aliphatic heterocycles. The molecule has 1 aliphatic rings. The van der Waals surface area contributed by atoms with Crippen LogP contribution >= 0.6 is 0 Å². The first kappa shape index (κ1) is 13.3. The fraction of sp³-hybridized carbons (Fsp3) is 0.900. The van der Waals surface area contributed by atoms with Gasteiger partial charge >= 0.3 is 12.1 Å². The molecule has 1 aliphatic carbocycles. The molecule has 16 heavy (non-hydrogen) atoms. The molecule has 0 radical (unpaired) electrons. The molecule has 0 aromatic rings. The van der Waals surface area contributed by atoms with Gasteiger partial charge in [0.25, 0.3) is 0 Å². The van der Waals surface area contributed by atoms with Crippen LogP contribution < -0.4 is 5.32 Å². The number of hydrogen-bond donors (Lipinski definition) is 2. The van der Waals surface area contributed by atoms with Crippen molar-refractivity contribution in [1.29, 1.82) is 0 Å². The zero-order chi connectivity index (χ0) is 12.2. The van der Waals surface area contributed by atoms with E-state index < -0.39 is 24.6 Å². The summed E-state index contributed by atoms with van der Waals surface area (Å²) in [6.07, 6.45) is -0.350. The van der Waals surface area contributed by atoms with Gasteiger partial charge in [0, 0.05) is 6.54 Å². The van der Waals surface area contributed by atoms with Gasteiger partial charge in [0.1, 0.15) is 0 Å². The van der Waals surface area contributed by atoms with Gasteiger partial charge in [-0.2, -0.15) is 13.2 Å². The van der Waals surface area contributed by atoms with E-state index in [0.717, 1.165) is 19.3 Å². The lowest BCUT2D eigenvalue weighted by Crippen LogP contribution is -2.39. The van der Waals surface area contributed by atoms with Crippen LogP contribution in [-0.4, -0.2) is 30.3 Å². The zero-order valence-electron chi connectivity index (χ0n) is 8.89. The van der Waals surface area contributed by atoms with Crippen molar-refractivity contribution in [2.45, 2.75) is 31.9 Å². The van der Waals surface area contributed by atoms with Gasteiger partial charge in [-0.25, -0.2) is 0 Å². The molecule has 3 nitrogen and oxygen atoms in total. The molecular formula is C10H16F3NO2. The summed E-state index contributed by atoms with van der Waals surface area (Å²) in [5.41, 5.74) is 0. The van der Waals surface area contributed by atoms with Gasteiger partial charge in [-0.1, -0.05) is 19.3 Å². The normalized spacial score (nSPS) is 19.2. The second-order valence-corrected chi connectivity index (χ2v) is 4.22. The van der Waals surface area contributed by atoms with Gasteiger partial charge in [0.05, 0.1) is 0 Å². The molecule has 0 heterocycles. The Kier molecular flexibility index (Phi) is 4.58. The van der Waals surface area contributed by atoms with Crippen LogP contribution in [-0.2, 0) is 4.79 Å². The predicted octanol–water partition coefficient (Wildman–Crippen LogP) is 2.03. The average molecular weight is 239 g/mol. The molecule has 0 bridgehead atoms. The molecule has 0 amide bonds. The first-order valence-electron chi connectivity index (χ1n) is 5.41. The van der Waals surface area contributed by atoms with E-state index in [1.807, 2.05) is 0 Å². The molecule has 6 heteroatoms. The highest BCUT2D eigenvalue weighted by atomic mass is 19.4. The molecule has 2 N–H and O–H groups in total. The Hall–Kier alpha value is -0.780. The lowest BCUT2D eigenvalue weighted by atomic mass is 9.83. The van der Waals surface area contributed by atoms with E-state index in [2.05, 4.69) is 5.32 Å². The summed E-state index contributed by atoms with van der Waals surface area (Å²) < 4.78 is 36.6. The third-order valence-electron chi connectivity index (χ3n) is 3.00. The number of nitrogens with one attached hydrogen (secondary N) is 1. The minimum Gasteiger partial charge on any atom is -0.481 e. The molecular weight excluding hydrogens is 223 g/mol. The second-order valence-electron chi connectivity index (χ2n) is 4.22. The SMILES string of the molecule is O=C(O)C(CNCCC1CCC1)C(F)(F)F. The molecule has 0 aromatic carbocycles. The third-order valence-corrected chi connectivity index (χ3v) is 3.00. The molecule has 0 aromatic heterocycles. The Morgan fingerprint density at radius 3 is 2.44 bits per heavy atom. The van der Waals surface area contributed by atoms with Crippen LogP contribution in [0.25, 0.3) is 0 Å². The van der Waals surface area contributed by atoms with Gasteiger partial charge in [0.2, 0.25) is 0 Å². The molecule has 1 saturated carbocycles. The van der Waals surface area contributed by atoms with Crippen LogP contribution in [0, 0.1) is 11.8 Å². The maximum atomic E-state index is 12.2. The van der Waals surface area contributed by atoms with E-state index in [-0.39, 0.29) is 0 Å². The van der Waals surface area contributed by atoms with Crippen molar-refractivity contribution >= 4 is 5.97 Å². The number of carbonyl (C=O) groups is 1. The predicted molar refractivity (Wildman–Crippen MR) is 52.0 cm³/mol. The van der Waals surface area contributed by atoms with Gasteiger partial charge in [-0.05, 0) is 18.9 Å². The van der Waals surface area contributed by atoms with Crippen molar-refractivity contribution in [2.24, 2.45) is 11.8 Å². The van der Waals surface area contributed by atoms with Gasteiger partial charge in [-0.3, -0.25) is 4.79 Å². The number of hydrogen-bond acceptors (Lipinski definition) is 2. The summed E-state index contributed by atoms with van der Waals surface area (Å²) in [4.78, 5) is 10.4. The maximum Gasteiger partial charge on any atom is 0.403 e. The molecule has 0 spiro atoms.